The Morgan fingerprint density at radius 1 is 0.811 bits per heavy atom. The van der Waals surface area contributed by atoms with Crippen LogP contribution in [0.3, 0.4) is 0 Å². The van der Waals surface area contributed by atoms with Crippen LogP contribution in [0.1, 0.15) is 23.1 Å². The molecule has 3 aromatic rings. The molecule has 2 aliphatic rings. The van der Waals surface area contributed by atoms with Crippen molar-refractivity contribution in [3.8, 4) is 0 Å². The minimum Gasteiger partial charge on any atom is -0.352 e. The summed E-state index contributed by atoms with van der Waals surface area (Å²) in [5.74, 6) is -0.199. The van der Waals surface area contributed by atoms with Crippen LogP contribution in [0.15, 0.2) is 94.9 Å². The van der Waals surface area contributed by atoms with Gasteiger partial charge in [0, 0.05) is 18.7 Å². The summed E-state index contributed by atoms with van der Waals surface area (Å²) in [7, 11) is 0. The highest BCUT2D eigenvalue weighted by Crippen LogP contribution is 2.34. The Balaban J connectivity index is 1.25. The lowest BCUT2D eigenvalue weighted by Gasteiger charge is -2.25. The highest BCUT2D eigenvalue weighted by atomic mass is 32.2. The van der Waals surface area contributed by atoms with E-state index in [1.54, 1.807) is 0 Å². The standard InChI is InChI=1S/C28H25N5O3S/c34-24(29-16-19-9-3-1-4-10-19)15-23-27(36)33-26(31-23)21-13-7-8-14-22(21)32-28(33)37-18-25(35)30-17-20-11-5-2-6-12-20/h1-14,23H,15-18H2,(H,29,34)(H,30,35)/t23-/m1/s1. The summed E-state index contributed by atoms with van der Waals surface area (Å²) in [5, 5.41) is 6.13. The minimum atomic E-state index is -0.852. The first-order valence-electron chi connectivity index (χ1n) is 11.9. The van der Waals surface area contributed by atoms with Gasteiger partial charge in [0.25, 0.3) is 5.91 Å². The number of para-hydroxylation sites is 1. The molecule has 0 unspecified atom stereocenters. The smallest absolute Gasteiger partial charge is 0.259 e. The minimum absolute atomic E-state index is 0.0661. The van der Waals surface area contributed by atoms with Crippen molar-refractivity contribution in [3.05, 3.63) is 102 Å². The molecule has 3 amide bonds. The fourth-order valence-corrected chi connectivity index (χ4v) is 4.88. The van der Waals surface area contributed by atoms with E-state index in [-0.39, 0.29) is 29.9 Å². The van der Waals surface area contributed by atoms with Gasteiger partial charge in [0.1, 0.15) is 11.9 Å². The Morgan fingerprint density at radius 2 is 1.41 bits per heavy atom. The van der Waals surface area contributed by atoms with Crippen LogP contribution in [0.2, 0.25) is 0 Å². The second kappa shape index (κ2) is 11.2. The molecule has 1 atom stereocenters. The Hall–Kier alpha value is -4.24. The number of carbonyl (C=O) groups excluding carboxylic acids is 3. The molecule has 3 aromatic carbocycles. The van der Waals surface area contributed by atoms with Crippen LogP contribution >= 0.6 is 11.8 Å². The van der Waals surface area contributed by atoms with Crippen molar-refractivity contribution in [2.75, 3.05) is 5.75 Å². The molecule has 2 aliphatic heterocycles. The molecule has 0 saturated carbocycles. The lowest BCUT2D eigenvalue weighted by molar-refractivity contribution is -0.128. The van der Waals surface area contributed by atoms with Gasteiger partial charge in [-0.05, 0) is 23.3 Å². The molecule has 0 radical (unpaired) electrons. The van der Waals surface area contributed by atoms with Gasteiger partial charge in [-0.1, -0.05) is 84.6 Å². The van der Waals surface area contributed by atoms with E-state index in [4.69, 9.17) is 0 Å². The topological polar surface area (TPSA) is 103 Å². The van der Waals surface area contributed by atoms with Crippen molar-refractivity contribution in [1.29, 1.82) is 0 Å². The van der Waals surface area contributed by atoms with E-state index in [9.17, 15) is 14.4 Å². The zero-order valence-electron chi connectivity index (χ0n) is 20.0. The third-order valence-electron chi connectivity index (χ3n) is 5.92. The number of benzene rings is 3. The number of carbonyl (C=O) groups is 3. The summed E-state index contributed by atoms with van der Waals surface area (Å²) in [6.07, 6.45) is -0.0661. The number of hydrogen-bond donors (Lipinski definition) is 2. The van der Waals surface area contributed by atoms with Gasteiger partial charge >= 0.3 is 0 Å². The highest BCUT2D eigenvalue weighted by molar-refractivity contribution is 8.14. The van der Waals surface area contributed by atoms with Crippen molar-refractivity contribution in [2.45, 2.75) is 25.6 Å². The molecule has 2 N–H and O–H groups in total. The van der Waals surface area contributed by atoms with Gasteiger partial charge in [0.05, 0.1) is 17.9 Å². The summed E-state index contributed by atoms with van der Waals surface area (Å²) in [5.41, 5.74) is 3.37. The fraction of sp³-hybridized carbons (Fsp3) is 0.179. The molecule has 0 aliphatic carbocycles. The van der Waals surface area contributed by atoms with Crippen molar-refractivity contribution >= 4 is 46.2 Å². The molecule has 37 heavy (non-hydrogen) atoms. The largest absolute Gasteiger partial charge is 0.352 e. The molecule has 9 heteroatoms. The Labute approximate surface area is 218 Å². The lowest BCUT2D eigenvalue weighted by atomic mass is 10.1. The van der Waals surface area contributed by atoms with Crippen molar-refractivity contribution < 1.29 is 14.4 Å². The van der Waals surface area contributed by atoms with E-state index < -0.39 is 6.04 Å². The van der Waals surface area contributed by atoms with E-state index in [2.05, 4.69) is 20.6 Å². The number of thioether (sulfide) groups is 1. The molecule has 0 spiro atoms. The third-order valence-corrected chi connectivity index (χ3v) is 6.86. The van der Waals surface area contributed by atoms with E-state index >= 15 is 0 Å². The zero-order chi connectivity index (χ0) is 25.6. The lowest BCUT2D eigenvalue weighted by Crippen LogP contribution is -2.42. The Bertz CT molecular complexity index is 1370. The number of amides is 3. The van der Waals surface area contributed by atoms with Gasteiger partial charge in [-0.15, -0.1) is 0 Å². The Kier molecular flexibility index (Phi) is 7.41. The third kappa shape index (κ3) is 5.78. The molecule has 5 rings (SSSR count). The Morgan fingerprint density at radius 3 is 2.08 bits per heavy atom. The number of rotatable bonds is 8. The molecule has 0 saturated heterocycles. The summed E-state index contributed by atoms with van der Waals surface area (Å²) < 4.78 is 0. The van der Waals surface area contributed by atoms with Crippen LogP contribution in [0.25, 0.3) is 0 Å². The molecule has 0 aromatic heterocycles. The molecule has 0 bridgehead atoms. The zero-order valence-corrected chi connectivity index (χ0v) is 20.8. The summed E-state index contributed by atoms with van der Waals surface area (Å²) in [6.45, 7) is 0.801. The van der Waals surface area contributed by atoms with Crippen molar-refractivity contribution in [2.24, 2.45) is 9.98 Å². The van der Waals surface area contributed by atoms with Gasteiger partial charge in [0.2, 0.25) is 11.8 Å². The van der Waals surface area contributed by atoms with Crippen molar-refractivity contribution in [3.63, 3.8) is 0 Å². The summed E-state index contributed by atoms with van der Waals surface area (Å²) in [6, 6.07) is 25.8. The second-order valence-corrected chi connectivity index (χ2v) is 9.51. The highest BCUT2D eigenvalue weighted by Gasteiger charge is 2.42. The first-order chi connectivity index (χ1) is 18.1. The first kappa shape index (κ1) is 24.5. The maximum atomic E-state index is 13.4. The average molecular weight is 512 g/mol. The van der Waals surface area contributed by atoms with Crippen LogP contribution in [0, 0.1) is 0 Å². The van der Waals surface area contributed by atoms with Gasteiger partial charge < -0.3 is 10.6 Å². The monoisotopic (exact) mass is 511 g/mol. The van der Waals surface area contributed by atoms with Gasteiger partial charge in [-0.2, -0.15) is 0 Å². The van der Waals surface area contributed by atoms with Crippen LogP contribution in [-0.2, 0) is 27.5 Å². The van der Waals surface area contributed by atoms with Gasteiger partial charge in [-0.25, -0.2) is 9.89 Å². The van der Waals surface area contributed by atoms with Gasteiger partial charge in [-0.3, -0.25) is 19.4 Å². The normalized spacial score (nSPS) is 15.8. The number of hydrogen-bond acceptors (Lipinski definition) is 6. The van der Waals surface area contributed by atoms with E-state index in [1.807, 2.05) is 84.9 Å². The molecule has 0 fully saturated rings. The van der Waals surface area contributed by atoms with Crippen molar-refractivity contribution in [1.82, 2.24) is 15.5 Å². The molecule has 186 valence electrons. The number of aliphatic imine (C=N–C) groups is 2. The number of fused-ring (bicyclic) bond motifs is 3. The summed E-state index contributed by atoms with van der Waals surface area (Å²) in [4.78, 5) is 49.2. The SMILES string of the molecule is O=C(CSC1=Nc2ccccc2C2=N[C@H](CC(=O)NCc3ccccc3)C(=O)N12)NCc1ccccc1. The molecular formula is C28H25N5O3S. The van der Waals surface area contributed by atoms with Crippen LogP contribution in [-0.4, -0.2) is 45.4 Å². The van der Waals surface area contributed by atoms with E-state index in [1.165, 1.54) is 16.7 Å². The first-order valence-corrected chi connectivity index (χ1v) is 12.9. The maximum Gasteiger partial charge on any atom is 0.259 e. The average Bonchev–Trinajstić information content (AvgIpc) is 3.26. The van der Waals surface area contributed by atoms with E-state index in [0.717, 1.165) is 16.7 Å². The number of amidine groups is 2. The van der Waals surface area contributed by atoms with Crippen LogP contribution in [0.4, 0.5) is 5.69 Å². The van der Waals surface area contributed by atoms with E-state index in [0.29, 0.717) is 29.8 Å². The predicted molar refractivity (Wildman–Crippen MR) is 144 cm³/mol. The maximum absolute atomic E-state index is 13.4. The van der Waals surface area contributed by atoms with Gasteiger partial charge in [0.15, 0.2) is 5.17 Å². The quantitative estimate of drug-likeness (QED) is 0.484. The second-order valence-electron chi connectivity index (χ2n) is 8.57. The van der Waals surface area contributed by atoms with Crippen LogP contribution in [0.5, 0.6) is 0 Å². The fourth-order valence-electron chi connectivity index (χ4n) is 4.05. The number of nitrogens with zero attached hydrogens (tertiary/aromatic N) is 3. The predicted octanol–water partition coefficient (Wildman–Crippen LogP) is 3.40. The molecule has 2 heterocycles. The summed E-state index contributed by atoms with van der Waals surface area (Å²) >= 11 is 1.17. The van der Waals surface area contributed by atoms with Crippen LogP contribution < -0.4 is 10.6 Å². The molecule has 8 nitrogen and oxygen atoms in total. The molecular weight excluding hydrogens is 486 g/mol. The number of nitrogens with one attached hydrogen (secondary N) is 2.